The van der Waals surface area contributed by atoms with Crippen LogP contribution in [-0.2, 0) is 16.1 Å². The third kappa shape index (κ3) is 7.27. The highest BCUT2D eigenvalue weighted by Crippen LogP contribution is 2.24. The lowest BCUT2D eigenvalue weighted by Gasteiger charge is -2.20. The topological polar surface area (TPSA) is 127 Å². The molecular formula is C26H33N5O5. The summed E-state index contributed by atoms with van der Waals surface area (Å²) in [5.74, 6) is -0.0443. The first-order valence-electron chi connectivity index (χ1n) is 11.7. The van der Waals surface area contributed by atoms with E-state index in [2.05, 4.69) is 20.6 Å². The fraction of sp³-hybridized carbons (Fsp3) is 0.423. The minimum Gasteiger partial charge on any atom is -0.444 e. The summed E-state index contributed by atoms with van der Waals surface area (Å²) in [5, 5.41) is 5.94. The smallest absolute Gasteiger partial charge is 0.412 e. The standard InChI is InChI=1S/C26H33N5O5/c1-16(13-21(32)31(6)15-18-9-7-8-12-27-18)14-28-24-29-20-11-10-19(17(2)22(20)23(33)35-24)30-25(34)36-26(3,4)5/h7-12,16H,13-15H2,1-6H3,(H,28,29)(H,30,34). The molecule has 10 heteroatoms. The monoisotopic (exact) mass is 495 g/mol. The summed E-state index contributed by atoms with van der Waals surface area (Å²) >= 11 is 0. The minimum atomic E-state index is -0.647. The summed E-state index contributed by atoms with van der Waals surface area (Å²) in [5.41, 5.74) is 0.994. The minimum absolute atomic E-state index is 0.0106. The second kappa shape index (κ2) is 11.2. The predicted octanol–water partition coefficient (Wildman–Crippen LogP) is 4.34. The van der Waals surface area contributed by atoms with Crippen molar-refractivity contribution in [3.05, 3.63) is 58.2 Å². The Labute approximate surface area is 210 Å². The van der Waals surface area contributed by atoms with Crippen molar-refractivity contribution in [3.8, 4) is 0 Å². The molecule has 192 valence electrons. The van der Waals surface area contributed by atoms with Crippen LogP contribution in [0.4, 0.5) is 16.5 Å². The van der Waals surface area contributed by atoms with E-state index in [1.165, 1.54) is 0 Å². The van der Waals surface area contributed by atoms with E-state index >= 15 is 0 Å². The van der Waals surface area contributed by atoms with E-state index in [0.717, 1.165) is 5.69 Å². The van der Waals surface area contributed by atoms with Crippen molar-refractivity contribution in [2.24, 2.45) is 5.92 Å². The number of anilines is 2. The van der Waals surface area contributed by atoms with E-state index in [9.17, 15) is 14.4 Å². The molecule has 2 N–H and O–H groups in total. The van der Waals surface area contributed by atoms with Gasteiger partial charge in [0.15, 0.2) is 0 Å². The SMILES string of the molecule is Cc1c(NC(=O)OC(C)(C)C)ccc2nc(NCC(C)CC(=O)N(C)Cc3ccccn3)oc(=O)c12. The van der Waals surface area contributed by atoms with Gasteiger partial charge in [0, 0.05) is 31.9 Å². The van der Waals surface area contributed by atoms with Crippen LogP contribution in [-0.4, -0.2) is 46.1 Å². The van der Waals surface area contributed by atoms with Gasteiger partial charge in [-0.25, -0.2) is 9.59 Å². The van der Waals surface area contributed by atoms with E-state index in [0.29, 0.717) is 36.3 Å². The van der Waals surface area contributed by atoms with Crippen molar-refractivity contribution >= 4 is 34.6 Å². The Hall–Kier alpha value is -3.95. The molecule has 3 rings (SSSR count). The van der Waals surface area contributed by atoms with Crippen LogP contribution in [0, 0.1) is 12.8 Å². The molecule has 0 saturated heterocycles. The largest absolute Gasteiger partial charge is 0.444 e. The second-order valence-corrected chi connectivity index (χ2v) is 9.83. The highest BCUT2D eigenvalue weighted by Gasteiger charge is 2.19. The maximum absolute atomic E-state index is 12.7. The zero-order chi connectivity index (χ0) is 26.5. The molecule has 0 bridgehead atoms. The number of nitrogens with one attached hydrogen (secondary N) is 2. The number of ether oxygens (including phenoxy) is 1. The molecule has 2 aromatic heterocycles. The van der Waals surface area contributed by atoms with Gasteiger partial charge in [-0.15, -0.1) is 0 Å². The van der Waals surface area contributed by atoms with Gasteiger partial charge in [-0.05, 0) is 63.4 Å². The maximum atomic E-state index is 12.7. The molecule has 1 aromatic carbocycles. The Kier molecular flexibility index (Phi) is 8.29. The molecule has 0 radical (unpaired) electrons. The van der Waals surface area contributed by atoms with Gasteiger partial charge in [0.25, 0.3) is 6.01 Å². The quantitative estimate of drug-likeness (QED) is 0.473. The fourth-order valence-corrected chi connectivity index (χ4v) is 3.55. The number of nitrogens with zero attached hydrogens (tertiary/aromatic N) is 3. The van der Waals surface area contributed by atoms with Crippen LogP contribution >= 0.6 is 0 Å². The zero-order valence-electron chi connectivity index (χ0n) is 21.5. The van der Waals surface area contributed by atoms with Gasteiger partial charge in [0.05, 0.1) is 23.1 Å². The van der Waals surface area contributed by atoms with Crippen molar-refractivity contribution in [1.82, 2.24) is 14.9 Å². The molecule has 0 saturated carbocycles. The van der Waals surface area contributed by atoms with Crippen molar-refractivity contribution < 1.29 is 18.7 Å². The van der Waals surface area contributed by atoms with Gasteiger partial charge < -0.3 is 19.4 Å². The first kappa shape index (κ1) is 26.7. The molecular weight excluding hydrogens is 462 g/mol. The van der Waals surface area contributed by atoms with Crippen LogP contribution < -0.4 is 16.3 Å². The average molecular weight is 496 g/mol. The lowest BCUT2D eigenvalue weighted by atomic mass is 10.1. The third-order valence-electron chi connectivity index (χ3n) is 5.37. The Morgan fingerprint density at radius 2 is 1.94 bits per heavy atom. The Morgan fingerprint density at radius 1 is 1.19 bits per heavy atom. The molecule has 2 amide bonds. The summed E-state index contributed by atoms with van der Waals surface area (Å²) in [6.45, 7) is 9.76. The van der Waals surface area contributed by atoms with Crippen LogP contribution in [0.5, 0.6) is 0 Å². The lowest BCUT2D eigenvalue weighted by Crippen LogP contribution is -2.29. The molecule has 0 aliphatic carbocycles. The van der Waals surface area contributed by atoms with Gasteiger partial charge >= 0.3 is 11.7 Å². The van der Waals surface area contributed by atoms with E-state index in [1.807, 2.05) is 25.1 Å². The average Bonchev–Trinajstić information content (AvgIpc) is 2.78. The van der Waals surface area contributed by atoms with Crippen LogP contribution in [0.2, 0.25) is 0 Å². The Morgan fingerprint density at radius 3 is 2.61 bits per heavy atom. The molecule has 0 fully saturated rings. The number of aromatic nitrogens is 2. The number of pyridine rings is 1. The molecule has 2 heterocycles. The predicted molar refractivity (Wildman–Crippen MR) is 138 cm³/mol. The van der Waals surface area contributed by atoms with Gasteiger partial charge in [0.1, 0.15) is 5.60 Å². The van der Waals surface area contributed by atoms with Crippen molar-refractivity contribution in [1.29, 1.82) is 0 Å². The lowest BCUT2D eigenvalue weighted by molar-refractivity contribution is -0.131. The van der Waals surface area contributed by atoms with Crippen molar-refractivity contribution in [2.45, 2.75) is 53.2 Å². The van der Waals surface area contributed by atoms with E-state index in [1.54, 1.807) is 58.0 Å². The van der Waals surface area contributed by atoms with E-state index in [4.69, 9.17) is 9.15 Å². The number of carbonyl (C=O) groups excluding carboxylic acids is 2. The number of carbonyl (C=O) groups is 2. The van der Waals surface area contributed by atoms with Crippen molar-refractivity contribution in [2.75, 3.05) is 24.2 Å². The number of aryl methyl sites for hydroxylation is 1. The molecule has 3 aromatic rings. The molecule has 1 unspecified atom stereocenters. The fourth-order valence-electron chi connectivity index (χ4n) is 3.55. The summed E-state index contributed by atoms with van der Waals surface area (Å²) in [7, 11) is 1.75. The number of hydrogen-bond donors (Lipinski definition) is 2. The summed E-state index contributed by atoms with van der Waals surface area (Å²) in [6, 6.07) is 8.96. The highest BCUT2D eigenvalue weighted by molar-refractivity contribution is 5.93. The molecule has 0 aliphatic rings. The summed E-state index contributed by atoms with van der Waals surface area (Å²) < 4.78 is 10.6. The highest BCUT2D eigenvalue weighted by atomic mass is 16.6. The van der Waals surface area contributed by atoms with Crippen LogP contribution in [0.3, 0.4) is 0 Å². The summed E-state index contributed by atoms with van der Waals surface area (Å²) in [6.07, 6.45) is 1.40. The Bertz CT molecular complexity index is 1280. The maximum Gasteiger partial charge on any atom is 0.412 e. The number of benzene rings is 1. The first-order valence-corrected chi connectivity index (χ1v) is 11.7. The van der Waals surface area contributed by atoms with Gasteiger partial charge in [-0.3, -0.25) is 15.1 Å². The van der Waals surface area contributed by atoms with Gasteiger partial charge in [0.2, 0.25) is 5.91 Å². The van der Waals surface area contributed by atoms with Crippen LogP contribution in [0.1, 0.15) is 45.4 Å². The van der Waals surface area contributed by atoms with E-state index in [-0.39, 0.29) is 23.2 Å². The van der Waals surface area contributed by atoms with Crippen molar-refractivity contribution in [3.63, 3.8) is 0 Å². The van der Waals surface area contributed by atoms with Gasteiger partial charge in [-0.1, -0.05) is 13.0 Å². The number of amides is 2. The molecule has 0 spiro atoms. The number of fused-ring (bicyclic) bond motifs is 1. The summed E-state index contributed by atoms with van der Waals surface area (Å²) in [4.78, 5) is 47.7. The number of rotatable bonds is 8. The van der Waals surface area contributed by atoms with Crippen LogP contribution in [0.15, 0.2) is 45.7 Å². The molecule has 0 aliphatic heterocycles. The molecule has 36 heavy (non-hydrogen) atoms. The van der Waals surface area contributed by atoms with Crippen LogP contribution in [0.25, 0.3) is 10.9 Å². The van der Waals surface area contributed by atoms with E-state index < -0.39 is 17.3 Å². The first-order chi connectivity index (χ1) is 16.9. The molecule has 1 atom stereocenters. The second-order valence-electron chi connectivity index (χ2n) is 9.83. The third-order valence-corrected chi connectivity index (χ3v) is 5.37. The number of hydrogen-bond acceptors (Lipinski definition) is 8. The Balaban J connectivity index is 1.62. The van der Waals surface area contributed by atoms with Gasteiger partial charge in [-0.2, -0.15) is 4.98 Å². The zero-order valence-corrected chi connectivity index (χ0v) is 21.5. The molecule has 10 nitrogen and oxygen atoms in total. The normalized spacial score (nSPS) is 12.2.